The van der Waals surface area contributed by atoms with Gasteiger partial charge >= 0.3 is 0 Å². The quantitative estimate of drug-likeness (QED) is 0.568. The number of morpholine rings is 1. The molecule has 0 atom stereocenters. The van der Waals surface area contributed by atoms with Gasteiger partial charge in [0.05, 0.1) is 25.7 Å². The average Bonchev–Trinajstić information content (AvgIpc) is 3.18. The van der Waals surface area contributed by atoms with Gasteiger partial charge in [0.25, 0.3) is 5.91 Å². The van der Waals surface area contributed by atoms with Gasteiger partial charge in [-0.1, -0.05) is 23.9 Å². The minimum atomic E-state index is -0.0109. The first-order valence-corrected chi connectivity index (χ1v) is 11.6. The van der Waals surface area contributed by atoms with Gasteiger partial charge in [-0.3, -0.25) is 9.69 Å². The number of carbonyl (C=O) groups excluding carboxylic acids is 1. The van der Waals surface area contributed by atoms with Crippen LogP contribution >= 0.6 is 23.1 Å². The molecule has 0 N–H and O–H groups in total. The van der Waals surface area contributed by atoms with Gasteiger partial charge in [-0.05, 0) is 24.6 Å². The zero-order chi connectivity index (χ0) is 20.5. The molecule has 154 valence electrons. The Bertz CT molecular complexity index is 826. The number of carbonyl (C=O) groups is 1. The highest BCUT2D eigenvalue weighted by Gasteiger charge is 2.18. The summed E-state index contributed by atoms with van der Waals surface area (Å²) in [7, 11) is 0. The van der Waals surface area contributed by atoms with Crippen LogP contribution in [0.2, 0.25) is 0 Å². The van der Waals surface area contributed by atoms with Crippen molar-refractivity contribution in [3.8, 4) is 6.07 Å². The summed E-state index contributed by atoms with van der Waals surface area (Å²) in [6, 6.07) is 9.94. The molecule has 1 fully saturated rings. The maximum atomic E-state index is 13.0. The highest BCUT2D eigenvalue weighted by molar-refractivity contribution is 8.00. The van der Waals surface area contributed by atoms with Gasteiger partial charge in [-0.2, -0.15) is 5.26 Å². The molecule has 0 bridgehead atoms. The molecule has 2 heterocycles. The van der Waals surface area contributed by atoms with Crippen LogP contribution in [-0.2, 0) is 10.5 Å². The van der Waals surface area contributed by atoms with Crippen molar-refractivity contribution in [1.29, 1.82) is 5.26 Å². The molecule has 0 radical (unpaired) electrons. The Hall–Kier alpha value is -1.92. The summed E-state index contributed by atoms with van der Waals surface area (Å²) in [5, 5.41) is 11.0. The number of benzene rings is 1. The number of hydrogen-bond donors (Lipinski definition) is 0. The Morgan fingerprint density at radius 3 is 2.72 bits per heavy atom. The first kappa shape index (κ1) is 21.8. The SMILES string of the molecule is Cc1csc(SCc2ccc(C(=O)N(CCC#N)CCN3CCOCC3)cc2)n1. The van der Waals surface area contributed by atoms with E-state index < -0.39 is 0 Å². The second kappa shape index (κ2) is 11.3. The average molecular weight is 431 g/mol. The summed E-state index contributed by atoms with van der Waals surface area (Å²) in [5.74, 6) is 0.819. The molecule has 3 rings (SSSR count). The third-order valence-electron chi connectivity index (χ3n) is 4.73. The molecule has 0 aliphatic carbocycles. The molecule has 1 amide bonds. The number of aryl methyl sites for hydroxylation is 1. The maximum Gasteiger partial charge on any atom is 0.253 e. The number of nitrogens with zero attached hydrogens (tertiary/aromatic N) is 4. The van der Waals surface area contributed by atoms with E-state index in [1.54, 1.807) is 28.0 Å². The fraction of sp³-hybridized carbons (Fsp3) is 0.476. The summed E-state index contributed by atoms with van der Waals surface area (Å²) in [4.78, 5) is 21.5. The molecule has 8 heteroatoms. The Kier molecular flexibility index (Phi) is 8.50. The van der Waals surface area contributed by atoms with Crippen molar-refractivity contribution in [2.45, 2.75) is 23.4 Å². The van der Waals surface area contributed by atoms with E-state index in [9.17, 15) is 4.79 Å². The zero-order valence-electron chi connectivity index (χ0n) is 16.7. The van der Waals surface area contributed by atoms with Gasteiger partial charge in [0.15, 0.2) is 0 Å². The summed E-state index contributed by atoms with van der Waals surface area (Å²) < 4.78 is 6.44. The third kappa shape index (κ3) is 6.82. The van der Waals surface area contributed by atoms with E-state index in [4.69, 9.17) is 10.00 Å². The van der Waals surface area contributed by atoms with Crippen molar-refractivity contribution in [3.05, 3.63) is 46.5 Å². The van der Waals surface area contributed by atoms with Crippen molar-refractivity contribution in [2.75, 3.05) is 45.9 Å². The van der Waals surface area contributed by atoms with E-state index in [0.717, 1.165) is 54.2 Å². The molecule has 1 aliphatic heterocycles. The van der Waals surface area contributed by atoms with Crippen molar-refractivity contribution in [1.82, 2.24) is 14.8 Å². The molecule has 1 aromatic heterocycles. The van der Waals surface area contributed by atoms with Crippen LogP contribution < -0.4 is 0 Å². The minimum Gasteiger partial charge on any atom is -0.379 e. The monoisotopic (exact) mass is 430 g/mol. The normalized spacial score (nSPS) is 14.5. The van der Waals surface area contributed by atoms with Crippen molar-refractivity contribution >= 4 is 29.0 Å². The predicted molar refractivity (Wildman–Crippen MR) is 116 cm³/mol. The molecule has 1 aromatic carbocycles. The van der Waals surface area contributed by atoms with E-state index in [-0.39, 0.29) is 5.91 Å². The standard InChI is InChI=1S/C21H26N4O2S2/c1-17-15-28-21(23-17)29-16-18-3-5-19(6-4-18)20(26)25(8-2-7-22)10-9-24-11-13-27-14-12-24/h3-6,15H,2,8-14,16H2,1H3. The fourth-order valence-corrected chi connectivity index (χ4v) is 4.86. The lowest BCUT2D eigenvalue weighted by Crippen LogP contribution is -2.43. The highest BCUT2D eigenvalue weighted by atomic mass is 32.2. The lowest BCUT2D eigenvalue weighted by atomic mass is 10.1. The number of amides is 1. The van der Waals surface area contributed by atoms with Crippen LogP contribution in [0, 0.1) is 18.3 Å². The van der Waals surface area contributed by atoms with E-state index in [0.29, 0.717) is 25.1 Å². The minimum absolute atomic E-state index is 0.0109. The lowest BCUT2D eigenvalue weighted by molar-refractivity contribution is 0.0326. The van der Waals surface area contributed by atoms with Gasteiger partial charge < -0.3 is 9.64 Å². The van der Waals surface area contributed by atoms with Crippen LogP contribution in [0.25, 0.3) is 0 Å². The van der Waals surface area contributed by atoms with E-state index in [1.165, 1.54) is 0 Å². The number of rotatable bonds is 9. The van der Waals surface area contributed by atoms with Gasteiger partial charge in [-0.15, -0.1) is 11.3 Å². The molecular formula is C21H26N4O2S2. The van der Waals surface area contributed by atoms with Crippen molar-refractivity contribution in [3.63, 3.8) is 0 Å². The molecule has 0 spiro atoms. The van der Waals surface area contributed by atoms with Crippen LogP contribution in [0.4, 0.5) is 0 Å². The molecule has 0 unspecified atom stereocenters. The van der Waals surface area contributed by atoms with Gasteiger partial charge in [0.2, 0.25) is 0 Å². The topological polar surface area (TPSA) is 69.5 Å². The van der Waals surface area contributed by atoms with Crippen LogP contribution in [-0.4, -0.2) is 66.6 Å². The number of thioether (sulfide) groups is 1. The Balaban J connectivity index is 1.56. The summed E-state index contributed by atoms with van der Waals surface area (Å²) in [5.41, 5.74) is 2.88. The Labute approximate surface area is 180 Å². The zero-order valence-corrected chi connectivity index (χ0v) is 18.3. The van der Waals surface area contributed by atoms with E-state index in [1.807, 2.05) is 31.2 Å². The summed E-state index contributed by atoms with van der Waals surface area (Å²) in [6.07, 6.45) is 0.344. The predicted octanol–water partition coefficient (Wildman–Crippen LogP) is 3.43. The van der Waals surface area contributed by atoms with E-state index >= 15 is 0 Å². The number of aromatic nitrogens is 1. The first-order chi connectivity index (χ1) is 14.2. The maximum absolute atomic E-state index is 13.0. The highest BCUT2D eigenvalue weighted by Crippen LogP contribution is 2.26. The Morgan fingerprint density at radius 1 is 1.31 bits per heavy atom. The number of thiazole rings is 1. The van der Waals surface area contributed by atoms with Gasteiger partial charge in [0, 0.05) is 55.1 Å². The Morgan fingerprint density at radius 2 is 2.07 bits per heavy atom. The van der Waals surface area contributed by atoms with Crippen molar-refractivity contribution < 1.29 is 9.53 Å². The third-order valence-corrected chi connectivity index (χ3v) is 6.94. The van der Waals surface area contributed by atoms with Crippen LogP contribution in [0.3, 0.4) is 0 Å². The van der Waals surface area contributed by atoms with Gasteiger partial charge in [-0.25, -0.2) is 4.98 Å². The van der Waals surface area contributed by atoms with E-state index in [2.05, 4.69) is 21.3 Å². The second-order valence-electron chi connectivity index (χ2n) is 6.89. The molecule has 1 saturated heterocycles. The first-order valence-electron chi connectivity index (χ1n) is 9.76. The molecule has 29 heavy (non-hydrogen) atoms. The van der Waals surface area contributed by atoms with Crippen LogP contribution in [0.1, 0.15) is 28.0 Å². The number of nitriles is 1. The van der Waals surface area contributed by atoms with Crippen LogP contribution in [0.15, 0.2) is 34.0 Å². The second-order valence-corrected chi connectivity index (χ2v) is 8.98. The molecular weight excluding hydrogens is 404 g/mol. The largest absolute Gasteiger partial charge is 0.379 e. The van der Waals surface area contributed by atoms with Crippen LogP contribution in [0.5, 0.6) is 0 Å². The fourth-order valence-electron chi connectivity index (χ4n) is 3.06. The number of hydrogen-bond acceptors (Lipinski definition) is 7. The molecule has 0 saturated carbocycles. The smallest absolute Gasteiger partial charge is 0.253 e. The van der Waals surface area contributed by atoms with Crippen molar-refractivity contribution in [2.24, 2.45) is 0 Å². The summed E-state index contributed by atoms with van der Waals surface area (Å²) in [6.45, 7) is 7.16. The van der Waals surface area contributed by atoms with Gasteiger partial charge in [0.1, 0.15) is 4.34 Å². The lowest BCUT2D eigenvalue weighted by Gasteiger charge is -2.30. The number of ether oxygens (including phenoxy) is 1. The summed E-state index contributed by atoms with van der Waals surface area (Å²) >= 11 is 3.37. The molecule has 6 nitrogen and oxygen atoms in total. The molecule has 2 aromatic rings. The molecule has 1 aliphatic rings.